The first-order valence-electron chi connectivity index (χ1n) is 5.47. The zero-order chi connectivity index (χ0) is 11.5. The number of halogens is 1. The Morgan fingerprint density at radius 2 is 2.00 bits per heavy atom. The van der Waals surface area contributed by atoms with Gasteiger partial charge in [-0.25, -0.2) is 0 Å². The van der Waals surface area contributed by atoms with Gasteiger partial charge in [-0.3, -0.25) is 0 Å². The van der Waals surface area contributed by atoms with Crippen LogP contribution in [0.2, 0.25) is 0 Å². The topological polar surface area (TPSA) is 24.1 Å². The molecule has 0 aliphatic heterocycles. The molecule has 2 nitrogen and oxygen atoms in total. The van der Waals surface area contributed by atoms with E-state index in [9.17, 15) is 0 Å². The lowest BCUT2D eigenvalue weighted by molar-refractivity contribution is 0.697. The lowest BCUT2D eigenvalue weighted by atomic mass is 10.1. The van der Waals surface area contributed by atoms with Crippen LogP contribution in [-0.2, 0) is 0 Å². The molecule has 0 amide bonds. The predicted molar refractivity (Wildman–Crippen MR) is 74.4 cm³/mol. The summed E-state index contributed by atoms with van der Waals surface area (Å²) in [6, 6.07) is 9.14. The number of rotatable bonds is 3. The van der Waals surface area contributed by atoms with E-state index in [1.54, 1.807) is 0 Å². The zero-order valence-electron chi connectivity index (χ0n) is 9.16. The van der Waals surface area contributed by atoms with Gasteiger partial charge in [0.25, 0.3) is 0 Å². The summed E-state index contributed by atoms with van der Waals surface area (Å²) in [4.78, 5) is 0. The van der Waals surface area contributed by atoms with E-state index < -0.39 is 0 Å². The lowest BCUT2D eigenvalue weighted by Gasteiger charge is -2.17. The molecule has 1 saturated carbocycles. The van der Waals surface area contributed by atoms with Gasteiger partial charge in [0.1, 0.15) is 0 Å². The summed E-state index contributed by atoms with van der Waals surface area (Å²) in [6.45, 7) is 2.12. The first kappa shape index (κ1) is 11.9. The van der Waals surface area contributed by atoms with Gasteiger partial charge in [0, 0.05) is 10.5 Å². The molecular weight excluding hydrogens is 284 g/mol. The quantitative estimate of drug-likeness (QED) is 0.839. The average Bonchev–Trinajstić information content (AvgIpc) is 3.02. The van der Waals surface area contributed by atoms with Crippen molar-refractivity contribution in [1.82, 2.24) is 10.6 Å². The van der Waals surface area contributed by atoms with E-state index in [0.29, 0.717) is 6.04 Å². The summed E-state index contributed by atoms with van der Waals surface area (Å²) in [7, 11) is 0. The molecule has 1 aliphatic rings. The monoisotopic (exact) mass is 298 g/mol. The minimum atomic E-state index is 0.242. The van der Waals surface area contributed by atoms with E-state index in [0.717, 1.165) is 9.59 Å². The van der Waals surface area contributed by atoms with Crippen LogP contribution in [0.1, 0.15) is 31.4 Å². The molecule has 0 bridgehead atoms. The molecule has 1 fully saturated rings. The second-order valence-corrected chi connectivity index (χ2v) is 5.49. The molecule has 2 N–H and O–H groups in total. The molecular formula is C12H15BrN2S. The number of nitrogens with one attached hydrogen (secondary N) is 2. The van der Waals surface area contributed by atoms with Crippen molar-refractivity contribution in [3.8, 4) is 0 Å². The van der Waals surface area contributed by atoms with E-state index in [1.165, 1.54) is 18.4 Å². The number of benzene rings is 1. The van der Waals surface area contributed by atoms with Crippen molar-refractivity contribution in [1.29, 1.82) is 0 Å². The molecule has 0 unspecified atom stereocenters. The summed E-state index contributed by atoms with van der Waals surface area (Å²) in [5.41, 5.74) is 1.24. The van der Waals surface area contributed by atoms with Crippen LogP contribution in [0.4, 0.5) is 0 Å². The van der Waals surface area contributed by atoms with E-state index in [4.69, 9.17) is 12.2 Å². The van der Waals surface area contributed by atoms with Crippen molar-refractivity contribution in [3.05, 3.63) is 34.3 Å². The van der Waals surface area contributed by atoms with Gasteiger partial charge in [0.15, 0.2) is 5.11 Å². The highest BCUT2D eigenvalue weighted by Crippen LogP contribution is 2.19. The van der Waals surface area contributed by atoms with E-state index >= 15 is 0 Å². The standard InChI is InChI=1S/C12H15BrN2S/c1-8(9-2-4-10(13)5-3-9)14-12(16)15-11-6-7-11/h2-5,8,11H,6-7H2,1H3,(H2,14,15,16)/t8-/m1/s1. The van der Waals surface area contributed by atoms with Crippen molar-refractivity contribution < 1.29 is 0 Å². The Hall–Kier alpha value is -0.610. The maximum Gasteiger partial charge on any atom is 0.166 e. The zero-order valence-corrected chi connectivity index (χ0v) is 11.6. The van der Waals surface area contributed by atoms with Crippen LogP contribution in [0.25, 0.3) is 0 Å². The van der Waals surface area contributed by atoms with Crippen molar-refractivity contribution in [2.75, 3.05) is 0 Å². The molecule has 1 aromatic rings. The van der Waals surface area contributed by atoms with E-state index in [-0.39, 0.29) is 6.04 Å². The Morgan fingerprint density at radius 3 is 2.56 bits per heavy atom. The fourth-order valence-corrected chi connectivity index (χ4v) is 2.09. The maximum atomic E-state index is 5.24. The van der Waals surface area contributed by atoms with E-state index in [2.05, 4.69) is 45.6 Å². The molecule has 0 spiro atoms. The van der Waals surface area contributed by atoms with Gasteiger partial charge in [0.05, 0.1) is 6.04 Å². The molecule has 2 rings (SSSR count). The van der Waals surface area contributed by atoms with Crippen molar-refractivity contribution in [2.24, 2.45) is 0 Å². The molecule has 1 aromatic carbocycles. The minimum Gasteiger partial charge on any atom is -0.360 e. The van der Waals surface area contributed by atoms with Crippen molar-refractivity contribution in [3.63, 3.8) is 0 Å². The molecule has 86 valence electrons. The Labute approximate surface area is 110 Å². The third kappa shape index (κ3) is 3.46. The normalized spacial score (nSPS) is 16.6. The minimum absolute atomic E-state index is 0.242. The number of thiocarbonyl (C=S) groups is 1. The Bertz CT molecular complexity index is 373. The first-order chi connectivity index (χ1) is 7.65. The van der Waals surface area contributed by atoms with Gasteiger partial charge in [0.2, 0.25) is 0 Å². The van der Waals surface area contributed by atoms with Gasteiger partial charge < -0.3 is 10.6 Å². The Balaban J connectivity index is 1.88. The maximum absolute atomic E-state index is 5.24. The molecule has 0 radical (unpaired) electrons. The van der Waals surface area contributed by atoms with Crippen LogP contribution in [0, 0.1) is 0 Å². The van der Waals surface area contributed by atoms with Crippen LogP contribution >= 0.6 is 28.1 Å². The van der Waals surface area contributed by atoms with Gasteiger partial charge in [-0.1, -0.05) is 28.1 Å². The fraction of sp³-hybridized carbons (Fsp3) is 0.417. The molecule has 0 saturated heterocycles. The summed E-state index contributed by atoms with van der Waals surface area (Å²) >= 11 is 8.67. The SMILES string of the molecule is C[C@@H](NC(=S)NC1CC1)c1ccc(Br)cc1. The summed E-state index contributed by atoms with van der Waals surface area (Å²) in [5, 5.41) is 7.33. The fourth-order valence-electron chi connectivity index (χ4n) is 1.49. The smallest absolute Gasteiger partial charge is 0.166 e. The van der Waals surface area contributed by atoms with Crippen LogP contribution in [0.15, 0.2) is 28.7 Å². The Morgan fingerprint density at radius 1 is 1.38 bits per heavy atom. The molecule has 1 atom stereocenters. The highest BCUT2D eigenvalue weighted by atomic mass is 79.9. The molecule has 0 aromatic heterocycles. The van der Waals surface area contributed by atoms with Crippen LogP contribution in [0.3, 0.4) is 0 Å². The third-order valence-corrected chi connectivity index (χ3v) is 3.39. The largest absolute Gasteiger partial charge is 0.360 e. The second kappa shape index (κ2) is 5.15. The summed E-state index contributed by atoms with van der Waals surface area (Å²) in [6.07, 6.45) is 2.49. The third-order valence-electron chi connectivity index (χ3n) is 2.63. The second-order valence-electron chi connectivity index (χ2n) is 4.17. The first-order valence-corrected chi connectivity index (χ1v) is 6.68. The summed E-state index contributed by atoms with van der Waals surface area (Å²) < 4.78 is 1.10. The molecule has 16 heavy (non-hydrogen) atoms. The number of hydrogen-bond donors (Lipinski definition) is 2. The van der Waals surface area contributed by atoms with Crippen molar-refractivity contribution in [2.45, 2.75) is 31.8 Å². The Kier molecular flexibility index (Phi) is 3.82. The van der Waals surface area contributed by atoms with Crippen LogP contribution in [0.5, 0.6) is 0 Å². The van der Waals surface area contributed by atoms with E-state index in [1.807, 2.05) is 12.1 Å². The van der Waals surface area contributed by atoms with Gasteiger partial charge >= 0.3 is 0 Å². The van der Waals surface area contributed by atoms with Gasteiger partial charge in [-0.2, -0.15) is 0 Å². The number of hydrogen-bond acceptors (Lipinski definition) is 1. The predicted octanol–water partition coefficient (Wildman–Crippen LogP) is 3.14. The van der Waals surface area contributed by atoms with Crippen LogP contribution in [-0.4, -0.2) is 11.2 Å². The summed E-state index contributed by atoms with van der Waals surface area (Å²) in [5.74, 6) is 0. The molecule has 1 aliphatic carbocycles. The highest BCUT2D eigenvalue weighted by molar-refractivity contribution is 9.10. The van der Waals surface area contributed by atoms with Gasteiger partial charge in [-0.05, 0) is 49.7 Å². The highest BCUT2D eigenvalue weighted by Gasteiger charge is 2.22. The molecule has 4 heteroatoms. The van der Waals surface area contributed by atoms with Gasteiger partial charge in [-0.15, -0.1) is 0 Å². The van der Waals surface area contributed by atoms with Crippen molar-refractivity contribution >= 4 is 33.3 Å². The molecule has 0 heterocycles. The average molecular weight is 299 g/mol. The lowest BCUT2D eigenvalue weighted by Crippen LogP contribution is -2.37. The van der Waals surface area contributed by atoms with Crippen LogP contribution < -0.4 is 10.6 Å².